The zero-order valence-electron chi connectivity index (χ0n) is 12.8. The number of amides is 3. The number of hydrogen-bond donors (Lipinski definition) is 3. The predicted octanol–water partition coefficient (Wildman–Crippen LogP) is 4.02. The van der Waals surface area contributed by atoms with Crippen LogP contribution in [0.1, 0.15) is 11.1 Å². The van der Waals surface area contributed by atoms with Gasteiger partial charge in [0.15, 0.2) is 0 Å². The number of carboxylic acid groups (broad SMARTS) is 1. The molecule has 0 atom stereocenters. The van der Waals surface area contributed by atoms with Crippen molar-refractivity contribution in [2.24, 2.45) is 0 Å². The van der Waals surface area contributed by atoms with Gasteiger partial charge < -0.3 is 20.6 Å². The lowest BCUT2D eigenvalue weighted by Gasteiger charge is -2.26. The molecule has 0 fully saturated rings. The minimum absolute atomic E-state index is 0.361. The van der Waals surface area contributed by atoms with Crippen LogP contribution in [0.5, 0.6) is 0 Å². The molecule has 3 rings (SSSR count). The molecule has 124 valence electrons. The molecular formula is C17H16ClN3O3. The largest absolute Gasteiger partial charge is 0.465 e. The lowest BCUT2D eigenvalue weighted by molar-refractivity contribution is 0.140. The molecule has 7 heteroatoms. The third-order valence-electron chi connectivity index (χ3n) is 3.83. The summed E-state index contributed by atoms with van der Waals surface area (Å²) in [6.07, 6.45) is -0.281. The van der Waals surface area contributed by atoms with E-state index in [2.05, 4.69) is 10.6 Å². The van der Waals surface area contributed by atoms with Crippen molar-refractivity contribution in [2.75, 3.05) is 17.2 Å². The Labute approximate surface area is 144 Å². The Morgan fingerprint density at radius 2 is 1.79 bits per heavy atom. The van der Waals surface area contributed by atoms with Crippen LogP contribution in [0.3, 0.4) is 0 Å². The van der Waals surface area contributed by atoms with Gasteiger partial charge in [-0.05, 0) is 47.9 Å². The molecule has 24 heavy (non-hydrogen) atoms. The van der Waals surface area contributed by atoms with E-state index >= 15 is 0 Å². The highest BCUT2D eigenvalue weighted by Crippen LogP contribution is 2.23. The minimum atomic E-state index is -0.913. The summed E-state index contributed by atoms with van der Waals surface area (Å²) in [5.74, 6) is 0. The van der Waals surface area contributed by atoms with Crippen molar-refractivity contribution in [1.29, 1.82) is 0 Å². The molecule has 0 saturated heterocycles. The summed E-state index contributed by atoms with van der Waals surface area (Å²) in [7, 11) is 0. The van der Waals surface area contributed by atoms with E-state index in [1.54, 1.807) is 30.3 Å². The average Bonchev–Trinajstić information content (AvgIpc) is 2.54. The Morgan fingerprint density at radius 3 is 2.50 bits per heavy atom. The molecule has 0 aromatic heterocycles. The van der Waals surface area contributed by atoms with Gasteiger partial charge in [-0.2, -0.15) is 0 Å². The number of anilines is 2. The number of carbonyl (C=O) groups excluding carboxylic acids is 1. The van der Waals surface area contributed by atoms with Crippen molar-refractivity contribution >= 4 is 35.1 Å². The number of fused-ring (bicyclic) bond motifs is 1. The third kappa shape index (κ3) is 3.78. The summed E-state index contributed by atoms with van der Waals surface area (Å²) in [5.41, 5.74) is 3.28. The fourth-order valence-electron chi connectivity index (χ4n) is 2.65. The first-order chi connectivity index (χ1) is 11.5. The van der Waals surface area contributed by atoms with E-state index in [1.165, 1.54) is 4.90 Å². The fraction of sp³-hybridized carbons (Fsp3) is 0.176. The van der Waals surface area contributed by atoms with Crippen molar-refractivity contribution in [3.05, 3.63) is 58.6 Å². The van der Waals surface area contributed by atoms with E-state index < -0.39 is 6.09 Å². The minimum Gasteiger partial charge on any atom is -0.465 e. The number of benzene rings is 2. The first-order valence-corrected chi connectivity index (χ1v) is 7.82. The number of nitrogens with one attached hydrogen (secondary N) is 2. The molecule has 2 aromatic rings. The third-order valence-corrected chi connectivity index (χ3v) is 4.06. The van der Waals surface area contributed by atoms with E-state index in [0.29, 0.717) is 35.9 Å². The predicted molar refractivity (Wildman–Crippen MR) is 92.7 cm³/mol. The molecule has 0 radical (unpaired) electrons. The molecule has 3 amide bonds. The summed E-state index contributed by atoms with van der Waals surface area (Å²) in [4.78, 5) is 24.5. The molecule has 2 aromatic carbocycles. The lowest BCUT2D eigenvalue weighted by Crippen LogP contribution is -2.34. The van der Waals surface area contributed by atoms with Gasteiger partial charge >= 0.3 is 12.1 Å². The van der Waals surface area contributed by atoms with Crippen LogP contribution < -0.4 is 10.6 Å². The maximum Gasteiger partial charge on any atom is 0.407 e. The van der Waals surface area contributed by atoms with Gasteiger partial charge in [0, 0.05) is 29.5 Å². The Balaban J connectivity index is 1.66. The Bertz CT molecular complexity index is 794. The van der Waals surface area contributed by atoms with Crippen LogP contribution in [0.15, 0.2) is 42.5 Å². The molecule has 1 aliphatic rings. The molecule has 0 unspecified atom stereocenters. The van der Waals surface area contributed by atoms with E-state index in [1.807, 2.05) is 12.1 Å². The quantitative estimate of drug-likeness (QED) is 0.768. The number of urea groups is 1. The maximum atomic E-state index is 12.1. The molecule has 1 aliphatic heterocycles. The molecule has 6 nitrogen and oxygen atoms in total. The van der Waals surface area contributed by atoms with Crippen LogP contribution in [0.4, 0.5) is 21.0 Å². The number of hydrogen-bond acceptors (Lipinski definition) is 2. The number of rotatable bonds is 2. The summed E-state index contributed by atoms with van der Waals surface area (Å²) < 4.78 is 0. The van der Waals surface area contributed by atoms with Gasteiger partial charge in [-0.25, -0.2) is 9.59 Å². The Hall–Kier alpha value is -2.73. The van der Waals surface area contributed by atoms with Gasteiger partial charge in [-0.1, -0.05) is 23.7 Å². The van der Waals surface area contributed by atoms with E-state index in [4.69, 9.17) is 16.7 Å². The number of carbonyl (C=O) groups is 2. The van der Waals surface area contributed by atoms with E-state index in [-0.39, 0.29) is 6.03 Å². The second-order valence-corrected chi connectivity index (χ2v) is 5.96. The highest BCUT2D eigenvalue weighted by Gasteiger charge is 2.20. The summed E-state index contributed by atoms with van der Waals surface area (Å²) in [5, 5.41) is 15.1. The SMILES string of the molecule is O=C(Nc1cccc(Cl)c1)Nc1ccc2c(c1)CCN(C(=O)O)C2. The maximum absolute atomic E-state index is 12.1. The Morgan fingerprint density at radius 1 is 1.04 bits per heavy atom. The Kier molecular flexibility index (Phi) is 4.57. The monoisotopic (exact) mass is 345 g/mol. The molecule has 0 saturated carbocycles. The first kappa shape index (κ1) is 16.1. The summed E-state index contributed by atoms with van der Waals surface area (Å²) in [6, 6.07) is 12.0. The normalized spacial score (nSPS) is 13.1. The van der Waals surface area contributed by atoms with Gasteiger partial charge in [-0.15, -0.1) is 0 Å². The topological polar surface area (TPSA) is 81.7 Å². The van der Waals surface area contributed by atoms with Gasteiger partial charge in [0.05, 0.1) is 0 Å². The molecular weight excluding hydrogens is 330 g/mol. The zero-order valence-corrected chi connectivity index (χ0v) is 13.5. The van der Waals surface area contributed by atoms with Crippen LogP contribution in [0, 0.1) is 0 Å². The smallest absolute Gasteiger partial charge is 0.407 e. The second-order valence-electron chi connectivity index (χ2n) is 5.53. The first-order valence-electron chi connectivity index (χ1n) is 7.44. The molecule has 0 spiro atoms. The fourth-order valence-corrected chi connectivity index (χ4v) is 2.84. The molecule has 0 bridgehead atoms. The van der Waals surface area contributed by atoms with E-state index in [9.17, 15) is 9.59 Å². The standard InChI is InChI=1S/C17H16ClN3O3/c18-13-2-1-3-14(9-13)19-16(22)20-15-5-4-12-10-21(17(23)24)7-6-11(12)8-15/h1-5,8-9H,6-7,10H2,(H,23,24)(H2,19,20,22). The van der Waals surface area contributed by atoms with Crippen LogP contribution >= 0.6 is 11.6 Å². The van der Waals surface area contributed by atoms with Crippen LogP contribution in [-0.2, 0) is 13.0 Å². The molecule has 0 aliphatic carbocycles. The summed E-state index contributed by atoms with van der Waals surface area (Å²) >= 11 is 5.88. The van der Waals surface area contributed by atoms with Crippen molar-refractivity contribution < 1.29 is 14.7 Å². The summed E-state index contributed by atoms with van der Waals surface area (Å²) in [6.45, 7) is 0.833. The van der Waals surface area contributed by atoms with Crippen molar-refractivity contribution in [3.8, 4) is 0 Å². The highest BCUT2D eigenvalue weighted by atomic mass is 35.5. The van der Waals surface area contributed by atoms with Crippen LogP contribution in [0.2, 0.25) is 5.02 Å². The van der Waals surface area contributed by atoms with Gasteiger partial charge in [-0.3, -0.25) is 0 Å². The van der Waals surface area contributed by atoms with Crippen LogP contribution in [-0.4, -0.2) is 28.7 Å². The van der Waals surface area contributed by atoms with Crippen molar-refractivity contribution in [2.45, 2.75) is 13.0 Å². The number of nitrogens with zero attached hydrogens (tertiary/aromatic N) is 1. The highest BCUT2D eigenvalue weighted by molar-refractivity contribution is 6.30. The zero-order chi connectivity index (χ0) is 17.1. The van der Waals surface area contributed by atoms with Crippen molar-refractivity contribution in [1.82, 2.24) is 4.90 Å². The van der Waals surface area contributed by atoms with Crippen LogP contribution in [0.25, 0.3) is 0 Å². The average molecular weight is 346 g/mol. The number of halogens is 1. The molecule has 1 heterocycles. The lowest BCUT2D eigenvalue weighted by atomic mass is 9.99. The van der Waals surface area contributed by atoms with E-state index in [0.717, 1.165) is 11.1 Å². The van der Waals surface area contributed by atoms with Gasteiger partial charge in [0.2, 0.25) is 0 Å². The van der Waals surface area contributed by atoms with Crippen molar-refractivity contribution in [3.63, 3.8) is 0 Å². The molecule has 3 N–H and O–H groups in total. The van der Waals surface area contributed by atoms with Gasteiger partial charge in [0.25, 0.3) is 0 Å². The second kappa shape index (κ2) is 6.80. The van der Waals surface area contributed by atoms with Gasteiger partial charge in [0.1, 0.15) is 0 Å².